The van der Waals surface area contributed by atoms with Crippen molar-refractivity contribution in [2.24, 2.45) is 0 Å². The highest BCUT2D eigenvalue weighted by Crippen LogP contribution is 2.21. The Morgan fingerprint density at radius 1 is 1.11 bits per heavy atom. The van der Waals surface area contributed by atoms with Crippen LogP contribution in [0.1, 0.15) is 12.8 Å². The molecule has 0 aliphatic carbocycles. The number of hydrogen-bond acceptors (Lipinski definition) is 5. The van der Waals surface area contributed by atoms with E-state index in [1.54, 1.807) is 6.07 Å². The van der Waals surface area contributed by atoms with Crippen LogP contribution in [0.25, 0.3) is 11.0 Å². The Kier molecular flexibility index (Phi) is 3.20. The molecule has 2 heterocycles. The zero-order chi connectivity index (χ0) is 13.3. The maximum atomic E-state index is 12.5. The summed E-state index contributed by atoms with van der Waals surface area (Å²) in [5.41, 5.74) is 1.34. The van der Waals surface area contributed by atoms with Crippen LogP contribution in [0.3, 0.4) is 0 Å². The van der Waals surface area contributed by atoms with Gasteiger partial charge >= 0.3 is 0 Å². The summed E-state index contributed by atoms with van der Waals surface area (Å²) in [6, 6.07) is 7.29. The van der Waals surface area contributed by atoms with Crippen molar-refractivity contribution in [1.29, 1.82) is 0 Å². The number of aromatic nitrogens is 2. The number of nitrogens with one attached hydrogen (secondary N) is 1. The summed E-state index contributed by atoms with van der Waals surface area (Å²) in [5.74, 6) is 0. The highest BCUT2D eigenvalue weighted by Gasteiger charge is 2.30. The number of piperidine rings is 1. The van der Waals surface area contributed by atoms with Crippen LogP contribution in [0.5, 0.6) is 0 Å². The molecule has 0 amide bonds. The molecule has 1 aliphatic heterocycles. The fraction of sp³-hybridized carbons (Fsp3) is 0.385. The van der Waals surface area contributed by atoms with Gasteiger partial charge in [-0.3, -0.25) is 4.98 Å². The van der Waals surface area contributed by atoms with Gasteiger partial charge in [0.05, 0.1) is 22.5 Å². The minimum absolute atomic E-state index is 0.0955. The fourth-order valence-electron chi connectivity index (χ4n) is 2.35. The minimum Gasteiger partial charge on any atom is -0.317 e. The van der Waals surface area contributed by atoms with Crippen molar-refractivity contribution in [2.75, 3.05) is 13.1 Å². The van der Waals surface area contributed by atoms with E-state index in [1.807, 2.05) is 18.2 Å². The molecule has 1 N–H and O–H groups in total. The first-order chi connectivity index (χ1) is 9.18. The average molecular weight is 277 g/mol. The summed E-state index contributed by atoms with van der Waals surface area (Å²) in [4.78, 5) is 8.44. The average Bonchev–Trinajstić information content (AvgIpc) is 2.47. The maximum absolute atomic E-state index is 12.5. The first-order valence-electron chi connectivity index (χ1n) is 6.34. The van der Waals surface area contributed by atoms with Crippen molar-refractivity contribution < 1.29 is 8.42 Å². The third kappa shape index (κ3) is 2.33. The molecule has 1 fully saturated rings. The number of benzene rings is 1. The van der Waals surface area contributed by atoms with Crippen LogP contribution in [0.15, 0.2) is 35.5 Å². The molecular weight excluding hydrogens is 262 g/mol. The molecule has 1 aliphatic rings. The van der Waals surface area contributed by atoms with Crippen molar-refractivity contribution in [1.82, 2.24) is 15.3 Å². The SMILES string of the molecule is O=S(=O)(c1cnc2ccccc2n1)C1CCNCC1. The van der Waals surface area contributed by atoms with Crippen molar-refractivity contribution in [3.63, 3.8) is 0 Å². The van der Waals surface area contributed by atoms with Gasteiger partial charge < -0.3 is 5.32 Å². The van der Waals surface area contributed by atoms with E-state index in [0.717, 1.165) is 13.1 Å². The Hall–Kier alpha value is -1.53. The van der Waals surface area contributed by atoms with E-state index in [2.05, 4.69) is 15.3 Å². The lowest BCUT2D eigenvalue weighted by atomic mass is 10.2. The smallest absolute Gasteiger partial charge is 0.200 e. The van der Waals surface area contributed by atoms with Crippen LogP contribution in [-0.4, -0.2) is 36.7 Å². The van der Waals surface area contributed by atoms with Crippen LogP contribution in [0, 0.1) is 0 Å². The van der Waals surface area contributed by atoms with E-state index in [9.17, 15) is 8.42 Å². The van der Waals surface area contributed by atoms with E-state index in [0.29, 0.717) is 23.9 Å². The third-order valence-electron chi connectivity index (χ3n) is 3.44. The highest BCUT2D eigenvalue weighted by atomic mass is 32.2. The minimum atomic E-state index is -3.37. The van der Waals surface area contributed by atoms with Gasteiger partial charge in [0.15, 0.2) is 14.9 Å². The summed E-state index contributed by atoms with van der Waals surface area (Å²) in [6.45, 7) is 1.48. The number of fused-ring (bicyclic) bond motifs is 1. The monoisotopic (exact) mass is 277 g/mol. The second-order valence-corrected chi connectivity index (χ2v) is 6.87. The Bertz CT molecular complexity index is 694. The first-order valence-corrected chi connectivity index (χ1v) is 7.89. The third-order valence-corrected chi connectivity index (χ3v) is 5.57. The molecule has 1 aromatic heterocycles. The molecule has 100 valence electrons. The molecule has 0 unspecified atom stereocenters. The predicted molar refractivity (Wildman–Crippen MR) is 72.6 cm³/mol. The molecule has 2 aromatic rings. The van der Waals surface area contributed by atoms with Gasteiger partial charge in [-0.05, 0) is 38.1 Å². The molecule has 19 heavy (non-hydrogen) atoms. The van der Waals surface area contributed by atoms with Gasteiger partial charge in [0, 0.05) is 0 Å². The highest BCUT2D eigenvalue weighted by molar-refractivity contribution is 7.92. The quantitative estimate of drug-likeness (QED) is 0.891. The van der Waals surface area contributed by atoms with Gasteiger partial charge in [0.1, 0.15) is 0 Å². The second kappa shape index (κ2) is 4.86. The summed E-state index contributed by atoms with van der Waals surface area (Å²) < 4.78 is 25.0. The van der Waals surface area contributed by atoms with Crippen LogP contribution in [0.2, 0.25) is 0 Å². The standard InChI is InChI=1S/C13H15N3O2S/c17-19(18,10-5-7-14-8-6-10)13-9-15-11-3-1-2-4-12(11)16-13/h1-4,9-10,14H,5-8H2. The van der Waals surface area contributed by atoms with Crippen molar-refractivity contribution in [2.45, 2.75) is 23.1 Å². The maximum Gasteiger partial charge on any atom is 0.200 e. The van der Waals surface area contributed by atoms with Crippen LogP contribution < -0.4 is 5.32 Å². The van der Waals surface area contributed by atoms with E-state index in [4.69, 9.17) is 0 Å². The Morgan fingerprint density at radius 2 is 1.79 bits per heavy atom. The molecule has 0 bridgehead atoms. The number of sulfone groups is 1. The second-order valence-electron chi connectivity index (χ2n) is 4.69. The fourth-order valence-corrected chi connectivity index (χ4v) is 3.98. The topological polar surface area (TPSA) is 72.0 Å². The lowest BCUT2D eigenvalue weighted by Crippen LogP contribution is -2.36. The molecule has 6 heteroatoms. The molecular formula is C13H15N3O2S. The van der Waals surface area contributed by atoms with E-state index in [-0.39, 0.29) is 10.3 Å². The van der Waals surface area contributed by atoms with Crippen molar-refractivity contribution in [3.05, 3.63) is 30.5 Å². The normalized spacial score (nSPS) is 17.7. The van der Waals surface area contributed by atoms with Gasteiger partial charge in [0.25, 0.3) is 0 Å². The largest absolute Gasteiger partial charge is 0.317 e. The molecule has 1 aromatic carbocycles. The zero-order valence-electron chi connectivity index (χ0n) is 10.4. The van der Waals surface area contributed by atoms with Gasteiger partial charge in [-0.15, -0.1) is 0 Å². The lowest BCUT2D eigenvalue weighted by molar-refractivity contribution is 0.494. The molecule has 1 saturated heterocycles. The molecule has 5 nitrogen and oxygen atoms in total. The van der Waals surface area contributed by atoms with Gasteiger partial charge in [0.2, 0.25) is 0 Å². The zero-order valence-corrected chi connectivity index (χ0v) is 11.2. The number of rotatable bonds is 2. The lowest BCUT2D eigenvalue weighted by Gasteiger charge is -2.22. The number of nitrogens with zero attached hydrogens (tertiary/aromatic N) is 2. The summed E-state index contributed by atoms with van der Waals surface area (Å²) in [7, 11) is -3.37. The summed E-state index contributed by atoms with van der Waals surface area (Å²) in [5, 5.41) is 2.92. The van der Waals surface area contributed by atoms with E-state index >= 15 is 0 Å². The van der Waals surface area contributed by atoms with Crippen LogP contribution >= 0.6 is 0 Å². The van der Waals surface area contributed by atoms with Gasteiger partial charge in [-0.25, -0.2) is 13.4 Å². The van der Waals surface area contributed by atoms with E-state index < -0.39 is 9.84 Å². The van der Waals surface area contributed by atoms with Crippen LogP contribution in [-0.2, 0) is 9.84 Å². The van der Waals surface area contributed by atoms with Crippen molar-refractivity contribution >= 4 is 20.9 Å². The number of hydrogen-bond donors (Lipinski definition) is 1. The molecule has 0 spiro atoms. The van der Waals surface area contributed by atoms with Crippen LogP contribution in [0.4, 0.5) is 0 Å². The van der Waals surface area contributed by atoms with Gasteiger partial charge in [-0.2, -0.15) is 0 Å². The van der Waals surface area contributed by atoms with Crippen molar-refractivity contribution in [3.8, 4) is 0 Å². The Labute approximate surface area is 112 Å². The van der Waals surface area contributed by atoms with E-state index in [1.165, 1.54) is 6.20 Å². The molecule has 0 radical (unpaired) electrons. The molecule has 3 rings (SSSR count). The summed E-state index contributed by atoms with van der Waals surface area (Å²) >= 11 is 0. The predicted octanol–water partition coefficient (Wildman–Crippen LogP) is 1.16. The first kappa shape index (κ1) is 12.5. The Morgan fingerprint density at radius 3 is 2.53 bits per heavy atom. The molecule has 0 saturated carbocycles. The Balaban J connectivity index is 2.02. The summed E-state index contributed by atoms with van der Waals surface area (Å²) in [6.07, 6.45) is 2.65. The van der Waals surface area contributed by atoms with Gasteiger partial charge in [-0.1, -0.05) is 12.1 Å². The number of para-hydroxylation sites is 2. The molecule has 0 atom stereocenters.